The van der Waals surface area contributed by atoms with Crippen molar-refractivity contribution < 1.29 is 18.3 Å². The summed E-state index contributed by atoms with van der Waals surface area (Å²) in [5, 5.41) is 3.20. The number of likely N-dealkylation sites (tertiary alicyclic amines) is 1. The van der Waals surface area contributed by atoms with Gasteiger partial charge in [0.25, 0.3) is 5.19 Å². The van der Waals surface area contributed by atoms with Crippen LogP contribution < -0.4 is 10.1 Å². The third-order valence-electron chi connectivity index (χ3n) is 3.80. The minimum absolute atomic E-state index is 0.0685. The number of fused-ring (bicyclic) bond motifs is 1. The van der Waals surface area contributed by atoms with Gasteiger partial charge < -0.3 is 15.0 Å². The van der Waals surface area contributed by atoms with Gasteiger partial charge in [0.1, 0.15) is 17.4 Å². The molecule has 1 aromatic heterocycles. The quantitative estimate of drug-likeness (QED) is 0.916. The molecule has 0 radical (unpaired) electrons. The topological polar surface area (TPSA) is 54.5 Å². The van der Waals surface area contributed by atoms with Crippen molar-refractivity contribution in [1.82, 2.24) is 15.2 Å². The van der Waals surface area contributed by atoms with E-state index in [2.05, 4.69) is 10.3 Å². The molecule has 2 heterocycles. The molecule has 1 aliphatic rings. The molecule has 1 fully saturated rings. The van der Waals surface area contributed by atoms with Crippen LogP contribution in [0, 0.1) is 11.6 Å². The van der Waals surface area contributed by atoms with Crippen LogP contribution in [0.25, 0.3) is 10.2 Å². The summed E-state index contributed by atoms with van der Waals surface area (Å²) in [6.07, 6.45) is 1.28. The first-order valence-electron chi connectivity index (χ1n) is 7.90. The molecule has 24 heavy (non-hydrogen) atoms. The molecular formula is C16H19F2N3O2S. The van der Waals surface area contributed by atoms with Gasteiger partial charge in [0.2, 0.25) is 0 Å². The number of nitrogens with one attached hydrogen (secondary N) is 1. The van der Waals surface area contributed by atoms with Crippen LogP contribution in [0.1, 0.15) is 26.7 Å². The van der Waals surface area contributed by atoms with Crippen molar-refractivity contribution in [2.75, 3.05) is 13.1 Å². The first kappa shape index (κ1) is 16.9. The normalized spacial score (nSPS) is 16.0. The van der Waals surface area contributed by atoms with Crippen molar-refractivity contribution in [3.05, 3.63) is 23.8 Å². The predicted molar refractivity (Wildman–Crippen MR) is 88.4 cm³/mol. The molecule has 3 rings (SSSR count). The molecule has 1 saturated heterocycles. The summed E-state index contributed by atoms with van der Waals surface area (Å²) in [6.45, 7) is 5.03. The van der Waals surface area contributed by atoms with Crippen LogP contribution >= 0.6 is 11.3 Å². The van der Waals surface area contributed by atoms with Crippen LogP contribution in [-0.2, 0) is 0 Å². The van der Waals surface area contributed by atoms with Gasteiger partial charge in [0.05, 0.1) is 4.70 Å². The zero-order chi connectivity index (χ0) is 17.3. The van der Waals surface area contributed by atoms with E-state index in [1.165, 1.54) is 6.07 Å². The van der Waals surface area contributed by atoms with Gasteiger partial charge in [-0.3, -0.25) is 0 Å². The number of hydrogen-bond acceptors (Lipinski definition) is 4. The van der Waals surface area contributed by atoms with Gasteiger partial charge in [-0.25, -0.2) is 13.6 Å². The zero-order valence-corrected chi connectivity index (χ0v) is 14.3. The number of urea groups is 1. The molecule has 0 spiro atoms. The number of nitrogens with zero attached hydrogens (tertiary/aromatic N) is 2. The molecule has 0 aliphatic carbocycles. The average Bonchev–Trinajstić information content (AvgIpc) is 2.90. The Kier molecular flexibility index (Phi) is 4.84. The fourth-order valence-electron chi connectivity index (χ4n) is 2.64. The minimum Gasteiger partial charge on any atom is -0.467 e. The zero-order valence-electron chi connectivity index (χ0n) is 13.5. The summed E-state index contributed by atoms with van der Waals surface area (Å²) in [4.78, 5) is 17.8. The van der Waals surface area contributed by atoms with Crippen LogP contribution in [0.2, 0.25) is 0 Å². The molecule has 1 N–H and O–H groups in total. The Morgan fingerprint density at radius 3 is 2.75 bits per heavy atom. The monoisotopic (exact) mass is 355 g/mol. The number of amides is 2. The van der Waals surface area contributed by atoms with Crippen molar-refractivity contribution in [2.24, 2.45) is 0 Å². The Bertz CT molecular complexity index is 742. The summed E-state index contributed by atoms with van der Waals surface area (Å²) in [7, 11) is 0. The van der Waals surface area contributed by atoms with Crippen LogP contribution in [-0.4, -0.2) is 41.2 Å². The fraction of sp³-hybridized carbons (Fsp3) is 0.500. The van der Waals surface area contributed by atoms with E-state index in [9.17, 15) is 13.6 Å². The standard InChI is InChI=1S/C16H19F2N3O2S/c1-9(2)19-15(22)21-5-3-11(4-6-21)23-16-20-14-12(18)7-10(17)8-13(14)24-16/h7-9,11H,3-6H2,1-2H3,(H,19,22). The second kappa shape index (κ2) is 6.88. The summed E-state index contributed by atoms with van der Waals surface area (Å²) in [5.74, 6) is -1.31. The Morgan fingerprint density at radius 1 is 1.38 bits per heavy atom. The number of ether oxygens (including phenoxy) is 1. The van der Waals surface area contributed by atoms with Gasteiger partial charge in [-0.15, -0.1) is 0 Å². The van der Waals surface area contributed by atoms with Gasteiger partial charge in [0.15, 0.2) is 5.82 Å². The Labute approximate surface area is 142 Å². The van der Waals surface area contributed by atoms with Crippen molar-refractivity contribution in [1.29, 1.82) is 0 Å². The molecule has 0 unspecified atom stereocenters. The van der Waals surface area contributed by atoms with E-state index in [-0.39, 0.29) is 23.7 Å². The third-order valence-corrected chi connectivity index (χ3v) is 4.70. The summed E-state index contributed by atoms with van der Waals surface area (Å²) < 4.78 is 33.1. The highest BCUT2D eigenvalue weighted by molar-refractivity contribution is 7.20. The maximum absolute atomic E-state index is 13.7. The first-order valence-corrected chi connectivity index (χ1v) is 8.71. The smallest absolute Gasteiger partial charge is 0.317 e. The molecule has 5 nitrogen and oxygen atoms in total. The van der Waals surface area contributed by atoms with Crippen LogP contribution in [0.3, 0.4) is 0 Å². The van der Waals surface area contributed by atoms with E-state index in [0.717, 1.165) is 17.4 Å². The van der Waals surface area contributed by atoms with E-state index >= 15 is 0 Å². The second-order valence-electron chi connectivity index (χ2n) is 6.12. The first-order chi connectivity index (χ1) is 11.4. The van der Waals surface area contributed by atoms with Crippen LogP contribution in [0.15, 0.2) is 12.1 Å². The summed E-state index contributed by atoms with van der Waals surface area (Å²) in [5.41, 5.74) is 0.130. The number of carbonyl (C=O) groups excluding carboxylic acids is 1. The molecule has 0 bridgehead atoms. The van der Waals surface area contributed by atoms with Crippen molar-refractivity contribution in [2.45, 2.75) is 38.8 Å². The number of piperidine rings is 1. The lowest BCUT2D eigenvalue weighted by Crippen LogP contribution is -2.48. The lowest BCUT2D eigenvalue weighted by molar-refractivity contribution is 0.110. The highest BCUT2D eigenvalue weighted by Gasteiger charge is 2.25. The lowest BCUT2D eigenvalue weighted by Gasteiger charge is -2.32. The van der Waals surface area contributed by atoms with Crippen LogP contribution in [0.4, 0.5) is 13.6 Å². The number of benzene rings is 1. The maximum Gasteiger partial charge on any atom is 0.317 e. The third kappa shape index (κ3) is 3.75. The summed E-state index contributed by atoms with van der Waals surface area (Å²) >= 11 is 1.13. The van der Waals surface area contributed by atoms with E-state index in [1.54, 1.807) is 4.90 Å². The van der Waals surface area contributed by atoms with Crippen molar-refractivity contribution in [3.63, 3.8) is 0 Å². The van der Waals surface area contributed by atoms with Gasteiger partial charge >= 0.3 is 6.03 Å². The van der Waals surface area contributed by atoms with Gasteiger partial charge in [0, 0.05) is 38.0 Å². The molecule has 0 saturated carbocycles. The number of hydrogen-bond donors (Lipinski definition) is 1. The molecule has 1 aromatic carbocycles. The highest BCUT2D eigenvalue weighted by atomic mass is 32.1. The second-order valence-corrected chi connectivity index (χ2v) is 7.12. The lowest BCUT2D eigenvalue weighted by atomic mass is 10.1. The van der Waals surface area contributed by atoms with E-state index in [4.69, 9.17) is 4.74 Å². The highest BCUT2D eigenvalue weighted by Crippen LogP contribution is 2.31. The molecule has 1 aliphatic heterocycles. The van der Waals surface area contributed by atoms with Gasteiger partial charge in [-0.1, -0.05) is 11.3 Å². The number of halogens is 2. The Morgan fingerprint density at radius 2 is 2.08 bits per heavy atom. The Hall–Kier alpha value is -1.96. The van der Waals surface area contributed by atoms with E-state index in [1.807, 2.05) is 13.8 Å². The average molecular weight is 355 g/mol. The predicted octanol–water partition coefficient (Wildman–Crippen LogP) is 3.54. The molecule has 8 heteroatoms. The van der Waals surface area contributed by atoms with Gasteiger partial charge in [-0.05, 0) is 19.9 Å². The van der Waals surface area contributed by atoms with E-state index in [0.29, 0.717) is 35.8 Å². The van der Waals surface area contributed by atoms with E-state index < -0.39 is 11.6 Å². The number of thiazole rings is 1. The molecule has 130 valence electrons. The number of aromatic nitrogens is 1. The largest absolute Gasteiger partial charge is 0.467 e. The van der Waals surface area contributed by atoms with Crippen LogP contribution in [0.5, 0.6) is 5.19 Å². The Balaban J connectivity index is 1.60. The van der Waals surface area contributed by atoms with Crippen molar-refractivity contribution in [3.8, 4) is 5.19 Å². The molecule has 2 aromatic rings. The number of rotatable bonds is 3. The number of carbonyl (C=O) groups is 1. The minimum atomic E-state index is -0.684. The maximum atomic E-state index is 13.7. The molecule has 2 amide bonds. The molecular weight excluding hydrogens is 336 g/mol. The fourth-order valence-corrected chi connectivity index (χ4v) is 3.57. The van der Waals surface area contributed by atoms with Crippen molar-refractivity contribution >= 4 is 27.6 Å². The molecule has 0 atom stereocenters. The van der Waals surface area contributed by atoms with Gasteiger partial charge in [-0.2, -0.15) is 4.98 Å². The SMILES string of the molecule is CC(C)NC(=O)N1CCC(Oc2nc3c(F)cc(F)cc3s2)CC1. The summed E-state index contributed by atoms with van der Waals surface area (Å²) in [6, 6.07) is 2.10.